The van der Waals surface area contributed by atoms with E-state index in [0.717, 1.165) is 80.5 Å². The van der Waals surface area contributed by atoms with E-state index in [0.29, 0.717) is 156 Å². The van der Waals surface area contributed by atoms with Crippen LogP contribution in [0.25, 0.3) is 0 Å². The van der Waals surface area contributed by atoms with Crippen molar-refractivity contribution in [3.8, 4) is 0 Å². The Morgan fingerprint density at radius 3 is 1.03 bits per heavy atom. The molecule has 0 N–H and O–H groups in total. The highest BCUT2D eigenvalue weighted by Gasteiger charge is 2.67. The minimum Gasteiger partial charge on any atom is -0.469 e. The van der Waals surface area contributed by atoms with Gasteiger partial charge in [0.15, 0.2) is 0 Å². The monoisotopic (exact) mass is 1340 g/mol. The molecule has 0 heterocycles. The van der Waals surface area contributed by atoms with Gasteiger partial charge in [-0.3, -0.25) is 19.2 Å². The lowest BCUT2D eigenvalue weighted by molar-refractivity contribution is -0.201. The van der Waals surface area contributed by atoms with Crippen LogP contribution in [-0.2, 0) is 61.8 Å². The summed E-state index contributed by atoms with van der Waals surface area (Å²) >= 11 is 0. The molecule has 0 aromatic rings. The zero-order chi connectivity index (χ0) is 69.3. The quantitative estimate of drug-likeness (QED) is 0.0464. The van der Waals surface area contributed by atoms with Crippen LogP contribution >= 0.6 is 0 Å². The van der Waals surface area contributed by atoms with Crippen LogP contribution in [0.4, 0.5) is 0 Å². The molecule has 0 aromatic heterocycles. The summed E-state index contributed by atoms with van der Waals surface area (Å²) in [5, 5.41) is 0. The Morgan fingerprint density at radius 2 is 0.719 bits per heavy atom. The van der Waals surface area contributed by atoms with Crippen LogP contribution in [0.5, 0.6) is 0 Å². The third kappa shape index (κ3) is 14.7. The van der Waals surface area contributed by atoms with E-state index in [4.69, 9.17) is 42.6 Å². The predicted octanol–water partition coefficient (Wildman–Crippen LogP) is 18.2. The Morgan fingerprint density at radius 1 is 0.417 bits per heavy atom. The van der Waals surface area contributed by atoms with Crippen LogP contribution in [0.3, 0.4) is 0 Å². The van der Waals surface area contributed by atoms with Gasteiger partial charge in [0.2, 0.25) is 0 Å². The van der Waals surface area contributed by atoms with Gasteiger partial charge in [-0.2, -0.15) is 0 Å². The average Bonchev–Trinajstić information content (AvgIpc) is 1.41. The van der Waals surface area contributed by atoms with E-state index < -0.39 is 0 Å². The minimum absolute atomic E-state index is 0.0693. The number of methoxy groups -OCH3 is 6. The van der Waals surface area contributed by atoms with Crippen molar-refractivity contribution in [1.82, 2.24) is 0 Å². The summed E-state index contributed by atoms with van der Waals surface area (Å²) in [6.07, 6.45) is 36.7. The van der Waals surface area contributed by atoms with Gasteiger partial charge >= 0.3 is 17.9 Å². The van der Waals surface area contributed by atoms with Gasteiger partial charge in [-0.05, 0) is 301 Å². The summed E-state index contributed by atoms with van der Waals surface area (Å²) < 4.78 is 50.2. The van der Waals surface area contributed by atoms with Crippen LogP contribution in [0, 0.1) is 139 Å². The zero-order valence-electron chi connectivity index (χ0n) is 63.5. The molecule has 27 atom stereocenters. The normalized spacial score (nSPS) is 44.2. The molecule has 0 aliphatic heterocycles. The minimum atomic E-state index is -0.0913. The number of esters is 3. The highest BCUT2D eigenvalue weighted by atomic mass is 16.7. The molecule has 12 aliphatic rings. The molecule has 0 spiro atoms. The van der Waals surface area contributed by atoms with Gasteiger partial charge in [0.05, 0.1) is 39.6 Å². The average molecular weight is 1340 g/mol. The fourth-order valence-corrected chi connectivity index (χ4v) is 26.8. The Hall–Kier alpha value is -2.68. The highest BCUT2D eigenvalue weighted by molar-refractivity contribution is 5.79. The molecular weight excluding hydrogens is 1200 g/mol. The maximum Gasteiger partial charge on any atom is 0.305 e. The Balaban J connectivity index is 0.000000157. The maximum atomic E-state index is 12.3. The zero-order valence-corrected chi connectivity index (χ0v) is 63.5. The maximum absolute atomic E-state index is 12.3. The van der Waals surface area contributed by atoms with E-state index in [1.54, 1.807) is 32.5 Å². The van der Waals surface area contributed by atoms with Crippen molar-refractivity contribution in [2.45, 2.75) is 274 Å². The summed E-state index contributed by atoms with van der Waals surface area (Å²) in [4.78, 5) is 47.6. The van der Waals surface area contributed by atoms with Crippen LogP contribution in [-0.4, -0.2) is 105 Å². The largest absolute Gasteiger partial charge is 0.469 e. The lowest BCUT2D eigenvalue weighted by Gasteiger charge is -2.62. The highest BCUT2D eigenvalue weighted by Crippen LogP contribution is 2.72. The molecule has 10 fully saturated rings. The van der Waals surface area contributed by atoms with Crippen LogP contribution in [0.1, 0.15) is 256 Å². The number of allylic oxidation sites excluding steroid dienone is 4. The van der Waals surface area contributed by atoms with Gasteiger partial charge in [0.25, 0.3) is 0 Å². The molecule has 0 amide bonds. The Labute approximate surface area is 582 Å². The summed E-state index contributed by atoms with van der Waals surface area (Å²) in [6, 6.07) is 0. The van der Waals surface area contributed by atoms with Crippen molar-refractivity contribution in [3.63, 3.8) is 0 Å². The van der Waals surface area contributed by atoms with Crippen LogP contribution < -0.4 is 0 Å². The van der Waals surface area contributed by atoms with Crippen molar-refractivity contribution >= 4 is 23.7 Å². The number of ketones is 1. The number of rotatable bonds is 21. The van der Waals surface area contributed by atoms with Crippen molar-refractivity contribution in [2.75, 3.05) is 63.0 Å². The van der Waals surface area contributed by atoms with Gasteiger partial charge in [0, 0.05) is 53.4 Å². The van der Waals surface area contributed by atoms with Gasteiger partial charge in [-0.25, -0.2) is 0 Å². The van der Waals surface area contributed by atoms with Gasteiger partial charge < -0.3 is 42.6 Å². The second kappa shape index (κ2) is 31.5. The lowest BCUT2D eigenvalue weighted by atomic mass is 9.43. The Bertz CT molecular complexity index is 2570. The molecule has 546 valence electrons. The first-order valence-corrected chi connectivity index (χ1v) is 39.1. The number of carbonyl (C=O) groups excluding carboxylic acids is 4. The number of hydrogen-bond acceptors (Lipinski definition) is 13. The third-order valence-electron chi connectivity index (χ3n) is 32.1. The molecule has 10 saturated carbocycles. The molecule has 9 unspecified atom stereocenters. The van der Waals surface area contributed by atoms with E-state index in [-0.39, 0.29) is 29.4 Å². The summed E-state index contributed by atoms with van der Waals surface area (Å²) in [5.41, 5.74) is 5.24. The number of Topliss-reactive ketones (excluding diaryl/α,β-unsaturated/α-hetero) is 1. The Kier molecular flexibility index (Phi) is 24.9. The van der Waals surface area contributed by atoms with Crippen molar-refractivity contribution in [3.05, 3.63) is 23.3 Å². The van der Waals surface area contributed by atoms with E-state index in [9.17, 15) is 19.2 Å². The molecular formula is C83H136O13. The first kappa shape index (κ1) is 76.0. The van der Waals surface area contributed by atoms with E-state index >= 15 is 0 Å². The number of hydrogen-bond donors (Lipinski definition) is 0. The molecule has 0 saturated heterocycles. The SMILES string of the molecule is COCO[C@@H]1C[C@@H]2CC(=O)CC[C@]2(C)C2CC[C@@]3(C)C(CC[C@@H]3[C@H](C)CCC(=O)OC)C21.COCO[C@@H]1C[C@@H]2CC(C)=CC[C@]2(C)C2CC[C@@]3(C)C(CC[C@@H]3[C@H](C)CCC(=O)OC)C21.COCO[C@@H]1C[C@@H]2CC(C)=CC[C@]2(C)C2CC[C@@]3(C)C(CC[C@@H]3[C@H](C)CCC(=O)OC)C21. The van der Waals surface area contributed by atoms with E-state index in [2.05, 4.69) is 88.3 Å². The molecule has 0 bridgehead atoms. The first-order valence-electron chi connectivity index (χ1n) is 39.1. The first-order chi connectivity index (χ1) is 45.7. The topological polar surface area (TPSA) is 151 Å². The molecule has 13 nitrogen and oxygen atoms in total. The van der Waals surface area contributed by atoms with E-state index in [1.165, 1.54) is 137 Å². The fraction of sp³-hybridized carbons (Fsp3) is 0.904. The second-order valence-electron chi connectivity index (χ2n) is 36.1. The molecule has 12 rings (SSSR count). The number of fused-ring (bicyclic) bond motifs is 15. The lowest BCUT2D eigenvalue weighted by Crippen LogP contribution is -2.59. The standard InChI is InChI=1S/2C28H46O4.C27H44O5/c2*1-18-11-13-27(3)20(15-18)16-24(32-17-30-5)26-22-9-8-21(19(2)7-10-25(29)31-6)28(22,4)14-12-23(26)27;1-17(6-9-24(29)31-5)20-7-8-21-25-22(11-13-27(20,21)3)26(2)12-10-19(28)14-18(26)15-23(25)32-16-30-4/h2*11,19-24,26H,7-10,12-17H2,1-6H3;17-18,20-23,25H,6-16H2,1-5H3/t2*19-,20+,21-,22?,23?,24-,26?,27+,28-;17-,18+,20-,21?,22?,23-,25?,26+,27-/m111/s1. The smallest absolute Gasteiger partial charge is 0.305 e. The second-order valence-corrected chi connectivity index (χ2v) is 36.1. The molecule has 13 heteroatoms. The van der Waals surface area contributed by atoms with Gasteiger partial charge in [0.1, 0.15) is 26.2 Å². The predicted molar refractivity (Wildman–Crippen MR) is 377 cm³/mol. The van der Waals surface area contributed by atoms with E-state index in [1.807, 2.05) is 0 Å². The van der Waals surface area contributed by atoms with Gasteiger partial charge in [-0.15, -0.1) is 0 Å². The van der Waals surface area contributed by atoms with Crippen molar-refractivity contribution < 1.29 is 61.8 Å². The summed E-state index contributed by atoms with van der Waals surface area (Å²) in [7, 11) is 9.68. The summed E-state index contributed by atoms with van der Waals surface area (Å²) in [6.45, 7) is 28.2. The molecule has 96 heavy (non-hydrogen) atoms. The number of ether oxygens (including phenoxy) is 9. The fourth-order valence-electron chi connectivity index (χ4n) is 26.8. The number of carbonyl (C=O) groups is 4. The van der Waals surface area contributed by atoms with Crippen molar-refractivity contribution in [2.24, 2.45) is 139 Å². The molecule has 12 aliphatic carbocycles. The van der Waals surface area contributed by atoms with Crippen molar-refractivity contribution in [1.29, 1.82) is 0 Å². The van der Waals surface area contributed by atoms with Crippen LogP contribution in [0.15, 0.2) is 23.3 Å². The van der Waals surface area contributed by atoms with Crippen LogP contribution in [0.2, 0.25) is 0 Å². The summed E-state index contributed by atoms with van der Waals surface area (Å²) in [5.74, 6) is 11.9. The van der Waals surface area contributed by atoms with Gasteiger partial charge in [-0.1, -0.05) is 85.6 Å². The third-order valence-corrected chi connectivity index (χ3v) is 32.1. The molecule has 0 aromatic carbocycles. The molecule has 0 radical (unpaired) electrons.